The molecule has 1 aromatic rings. The molecule has 0 unspecified atom stereocenters. The molecule has 2 rings (SSSR count). The number of hydrogen-bond donors (Lipinski definition) is 0. The summed E-state index contributed by atoms with van der Waals surface area (Å²) >= 11 is 0. The van der Waals surface area contributed by atoms with Crippen LogP contribution in [0.5, 0.6) is 0 Å². The van der Waals surface area contributed by atoms with Crippen molar-refractivity contribution in [2.45, 2.75) is 31.9 Å². The van der Waals surface area contributed by atoms with Crippen molar-refractivity contribution in [2.24, 2.45) is 0 Å². The minimum Gasteiger partial charge on any atom is -0.445 e. The van der Waals surface area contributed by atoms with Gasteiger partial charge in [-0.05, 0) is 24.8 Å². The third-order valence-corrected chi connectivity index (χ3v) is 3.61. The lowest BCUT2D eigenvalue weighted by atomic mass is 10.0. The van der Waals surface area contributed by atoms with Crippen LogP contribution < -0.4 is 0 Å². The largest absolute Gasteiger partial charge is 0.445 e. The third kappa shape index (κ3) is 4.90. The Morgan fingerprint density at radius 3 is 2.90 bits per heavy atom. The molecule has 1 amide bonds. The molecule has 0 saturated carbocycles. The van der Waals surface area contributed by atoms with Gasteiger partial charge in [-0.25, -0.2) is 4.79 Å². The minimum atomic E-state index is -0.231. The molecule has 4 heteroatoms. The topological polar surface area (TPSA) is 38.8 Å². The molecule has 1 heterocycles. The molecule has 114 valence electrons. The van der Waals surface area contributed by atoms with Crippen molar-refractivity contribution in [2.75, 3.05) is 20.3 Å². The molecule has 0 bridgehead atoms. The first kappa shape index (κ1) is 15.6. The van der Waals surface area contributed by atoms with Crippen LogP contribution in [0.4, 0.5) is 4.79 Å². The molecule has 0 aromatic heterocycles. The van der Waals surface area contributed by atoms with Crippen LogP contribution in [0, 0.1) is 0 Å². The predicted molar refractivity (Wildman–Crippen MR) is 82.0 cm³/mol. The van der Waals surface area contributed by atoms with E-state index in [9.17, 15) is 4.79 Å². The van der Waals surface area contributed by atoms with Gasteiger partial charge in [0.1, 0.15) is 6.61 Å². The fraction of sp³-hybridized carbons (Fsp3) is 0.471. The summed E-state index contributed by atoms with van der Waals surface area (Å²) in [5.41, 5.74) is 1.01. The van der Waals surface area contributed by atoms with E-state index in [1.807, 2.05) is 47.4 Å². The molecule has 4 nitrogen and oxygen atoms in total. The van der Waals surface area contributed by atoms with Crippen LogP contribution in [-0.4, -0.2) is 37.3 Å². The van der Waals surface area contributed by atoms with E-state index in [0.29, 0.717) is 13.2 Å². The van der Waals surface area contributed by atoms with E-state index < -0.39 is 0 Å². The predicted octanol–water partition coefficient (Wildman–Crippen LogP) is 3.38. The first-order valence-corrected chi connectivity index (χ1v) is 7.44. The average Bonchev–Trinajstić information content (AvgIpc) is 2.54. The number of hydrogen-bond acceptors (Lipinski definition) is 3. The molecule has 1 aromatic carbocycles. The van der Waals surface area contributed by atoms with Crippen molar-refractivity contribution >= 4 is 6.09 Å². The number of ether oxygens (including phenoxy) is 2. The number of methoxy groups -OCH3 is 1. The summed E-state index contributed by atoms with van der Waals surface area (Å²) in [6, 6.07) is 9.88. The number of benzene rings is 1. The first-order valence-electron chi connectivity index (χ1n) is 7.44. The third-order valence-electron chi connectivity index (χ3n) is 3.61. The summed E-state index contributed by atoms with van der Waals surface area (Å²) < 4.78 is 10.4. The molecular weight excluding hydrogens is 266 g/mol. The van der Waals surface area contributed by atoms with Gasteiger partial charge in [-0.1, -0.05) is 42.5 Å². The molecule has 0 spiro atoms. The SMILES string of the molecule is COC/C=C\[C@@H]1CCCCN1C(=O)OCc1ccccc1. The average molecular weight is 289 g/mol. The maximum absolute atomic E-state index is 12.3. The van der Waals surface area contributed by atoms with Crippen molar-refractivity contribution in [3.63, 3.8) is 0 Å². The zero-order valence-electron chi connectivity index (χ0n) is 12.5. The van der Waals surface area contributed by atoms with Crippen LogP contribution in [0.25, 0.3) is 0 Å². The van der Waals surface area contributed by atoms with Crippen LogP contribution in [0.1, 0.15) is 24.8 Å². The Kier molecular flexibility index (Phi) is 6.28. The van der Waals surface area contributed by atoms with Gasteiger partial charge in [0, 0.05) is 13.7 Å². The van der Waals surface area contributed by atoms with E-state index in [-0.39, 0.29) is 12.1 Å². The monoisotopic (exact) mass is 289 g/mol. The summed E-state index contributed by atoms with van der Waals surface area (Å²) in [4.78, 5) is 14.1. The fourth-order valence-electron chi connectivity index (χ4n) is 2.50. The van der Waals surface area contributed by atoms with E-state index in [4.69, 9.17) is 9.47 Å². The number of carbonyl (C=O) groups excluding carboxylic acids is 1. The van der Waals surface area contributed by atoms with Gasteiger partial charge in [0.25, 0.3) is 0 Å². The summed E-state index contributed by atoms with van der Waals surface area (Å²) in [7, 11) is 1.66. The Labute approximate surface area is 126 Å². The van der Waals surface area contributed by atoms with Crippen LogP contribution in [0.15, 0.2) is 42.5 Å². The standard InChI is InChI=1S/C17H23NO3/c1-20-13-7-11-16-10-5-6-12-18(16)17(19)21-14-15-8-3-2-4-9-15/h2-4,7-9,11,16H,5-6,10,12-14H2,1H3/b11-7-/t16-/m0/s1. The number of amides is 1. The maximum Gasteiger partial charge on any atom is 0.410 e. The molecule has 0 aliphatic carbocycles. The van der Waals surface area contributed by atoms with E-state index >= 15 is 0 Å². The second-order valence-corrected chi connectivity index (χ2v) is 5.18. The van der Waals surface area contributed by atoms with Gasteiger partial charge in [0.15, 0.2) is 0 Å². The lowest BCUT2D eigenvalue weighted by molar-refractivity contribution is 0.0774. The highest BCUT2D eigenvalue weighted by Crippen LogP contribution is 2.19. The summed E-state index contributed by atoms with van der Waals surface area (Å²) in [6.45, 7) is 1.66. The first-order chi connectivity index (χ1) is 10.3. The summed E-state index contributed by atoms with van der Waals surface area (Å²) in [5.74, 6) is 0. The normalized spacial score (nSPS) is 18.9. The number of rotatable bonds is 5. The van der Waals surface area contributed by atoms with Gasteiger partial charge < -0.3 is 14.4 Å². The zero-order valence-corrected chi connectivity index (χ0v) is 12.5. The Morgan fingerprint density at radius 2 is 2.14 bits per heavy atom. The lowest BCUT2D eigenvalue weighted by Gasteiger charge is -2.33. The van der Waals surface area contributed by atoms with E-state index in [0.717, 1.165) is 31.4 Å². The Morgan fingerprint density at radius 1 is 1.33 bits per heavy atom. The Bertz CT molecular complexity index is 458. The molecule has 1 aliphatic heterocycles. The molecule has 1 aliphatic rings. The Balaban J connectivity index is 1.89. The second kappa shape index (κ2) is 8.47. The smallest absolute Gasteiger partial charge is 0.410 e. The highest BCUT2D eigenvalue weighted by molar-refractivity contribution is 5.68. The van der Waals surface area contributed by atoms with Crippen molar-refractivity contribution in [1.82, 2.24) is 4.90 Å². The van der Waals surface area contributed by atoms with Gasteiger partial charge >= 0.3 is 6.09 Å². The van der Waals surface area contributed by atoms with E-state index in [1.54, 1.807) is 7.11 Å². The molecular formula is C17H23NO3. The molecule has 1 atom stereocenters. The van der Waals surface area contributed by atoms with E-state index in [2.05, 4.69) is 0 Å². The van der Waals surface area contributed by atoms with Gasteiger partial charge in [-0.2, -0.15) is 0 Å². The molecule has 1 fully saturated rings. The zero-order chi connectivity index (χ0) is 14.9. The van der Waals surface area contributed by atoms with Gasteiger partial charge in [-0.15, -0.1) is 0 Å². The van der Waals surface area contributed by atoms with Crippen molar-refractivity contribution < 1.29 is 14.3 Å². The van der Waals surface area contributed by atoms with Crippen molar-refractivity contribution in [3.8, 4) is 0 Å². The number of piperidine rings is 1. The number of carbonyl (C=O) groups is 1. The molecule has 21 heavy (non-hydrogen) atoms. The lowest BCUT2D eigenvalue weighted by Crippen LogP contribution is -2.43. The highest BCUT2D eigenvalue weighted by Gasteiger charge is 2.25. The molecule has 0 radical (unpaired) electrons. The van der Waals surface area contributed by atoms with Crippen LogP contribution in [-0.2, 0) is 16.1 Å². The number of likely N-dealkylation sites (tertiary alicyclic amines) is 1. The van der Waals surface area contributed by atoms with Gasteiger partial charge in [0.2, 0.25) is 0 Å². The Hall–Kier alpha value is -1.81. The van der Waals surface area contributed by atoms with Crippen molar-refractivity contribution in [3.05, 3.63) is 48.0 Å². The highest BCUT2D eigenvalue weighted by atomic mass is 16.6. The second-order valence-electron chi connectivity index (χ2n) is 5.18. The van der Waals surface area contributed by atoms with E-state index in [1.165, 1.54) is 0 Å². The molecule has 0 N–H and O–H groups in total. The number of nitrogens with zero attached hydrogens (tertiary/aromatic N) is 1. The van der Waals surface area contributed by atoms with Gasteiger partial charge in [0.05, 0.1) is 12.6 Å². The van der Waals surface area contributed by atoms with Crippen molar-refractivity contribution in [1.29, 1.82) is 0 Å². The van der Waals surface area contributed by atoms with Crippen LogP contribution in [0.2, 0.25) is 0 Å². The fourth-order valence-corrected chi connectivity index (χ4v) is 2.50. The quantitative estimate of drug-likeness (QED) is 0.780. The van der Waals surface area contributed by atoms with Crippen LogP contribution in [0.3, 0.4) is 0 Å². The minimum absolute atomic E-state index is 0.122. The molecule has 1 saturated heterocycles. The summed E-state index contributed by atoms with van der Waals surface area (Å²) in [6.07, 6.45) is 6.95. The van der Waals surface area contributed by atoms with Crippen LogP contribution >= 0.6 is 0 Å². The van der Waals surface area contributed by atoms with Gasteiger partial charge in [-0.3, -0.25) is 0 Å². The maximum atomic E-state index is 12.3. The summed E-state index contributed by atoms with van der Waals surface area (Å²) in [5, 5.41) is 0.